The summed E-state index contributed by atoms with van der Waals surface area (Å²) in [5.41, 5.74) is 0.660. The third-order valence-electron chi connectivity index (χ3n) is 2.10. The van der Waals surface area contributed by atoms with Crippen LogP contribution in [-0.2, 0) is 16.9 Å². The van der Waals surface area contributed by atoms with Crippen LogP contribution in [0.5, 0.6) is 5.75 Å². The predicted octanol–water partition coefficient (Wildman–Crippen LogP) is 1.26. The highest BCUT2D eigenvalue weighted by Crippen LogP contribution is 2.33. The fourth-order valence-corrected chi connectivity index (χ4v) is 2.52. The molecule has 0 amide bonds. The predicted molar refractivity (Wildman–Crippen MR) is 54.3 cm³/mol. The van der Waals surface area contributed by atoms with E-state index in [-0.39, 0.29) is 16.7 Å². The molecule has 0 saturated carbocycles. The summed E-state index contributed by atoms with van der Waals surface area (Å²) in [6.07, 6.45) is 2.74. The SMILES string of the molecule is CC(C)c1cn(C)c(S(C)(=O)=O)c1O. The van der Waals surface area contributed by atoms with E-state index < -0.39 is 9.84 Å². The zero-order valence-corrected chi connectivity index (χ0v) is 9.59. The lowest BCUT2D eigenvalue weighted by atomic mass is 10.1. The molecule has 0 atom stereocenters. The maximum atomic E-state index is 11.3. The van der Waals surface area contributed by atoms with E-state index in [2.05, 4.69) is 0 Å². The van der Waals surface area contributed by atoms with Crippen LogP contribution >= 0.6 is 0 Å². The molecule has 0 aliphatic heterocycles. The Labute approximate surface area is 84.1 Å². The van der Waals surface area contributed by atoms with E-state index in [9.17, 15) is 13.5 Å². The van der Waals surface area contributed by atoms with Crippen molar-refractivity contribution < 1.29 is 13.5 Å². The van der Waals surface area contributed by atoms with Gasteiger partial charge in [0.15, 0.2) is 20.6 Å². The van der Waals surface area contributed by atoms with Gasteiger partial charge in [-0.25, -0.2) is 8.42 Å². The van der Waals surface area contributed by atoms with Crippen molar-refractivity contribution in [3.05, 3.63) is 11.8 Å². The van der Waals surface area contributed by atoms with Gasteiger partial charge < -0.3 is 9.67 Å². The van der Waals surface area contributed by atoms with Crippen LogP contribution in [0.15, 0.2) is 11.2 Å². The van der Waals surface area contributed by atoms with E-state index >= 15 is 0 Å². The maximum absolute atomic E-state index is 11.3. The monoisotopic (exact) mass is 217 g/mol. The second-order valence-corrected chi connectivity index (χ2v) is 5.71. The lowest BCUT2D eigenvalue weighted by molar-refractivity contribution is 0.445. The molecule has 1 heterocycles. The van der Waals surface area contributed by atoms with Crippen molar-refractivity contribution in [2.45, 2.75) is 24.8 Å². The van der Waals surface area contributed by atoms with Gasteiger partial charge in [-0.1, -0.05) is 13.8 Å². The minimum Gasteiger partial charge on any atom is -0.505 e. The van der Waals surface area contributed by atoms with Gasteiger partial charge in [-0.05, 0) is 5.92 Å². The Morgan fingerprint density at radius 2 is 1.93 bits per heavy atom. The molecule has 14 heavy (non-hydrogen) atoms. The number of rotatable bonds is 2. The lowest BCUT2D eigenvalue weighted by Crippen LogP contribution is -2.03. The average Bonchev–Trinajstić information content (AvgIpc) is 2.24. The molecule has 1 N–H and O–H groups in total. The quantitative estimate of drug-likeness (QED) is 0.811. The molecular formula is C9H15NO3S. The highest BCUT2D eigenvalue weighted by Gasteiger charge is 2.22. The summed E-state index contributed by atoms with van der Waals surface area (Å²) < 4.78 is 24.1. The molecule has 0 unspecified atom stereocenters. The number of hydrogen-bond acceptors (Lipinski definition) is 3. The van der Waals surface area contributed by atoms with Crippen molar-refractivity contribution in [3.8, 4) is 5.75 Å². The zero-order chi connectivity index (χ0) is 11.1. The largest absolute Gasteiger partial charge is 0.505 e. The summed E-state index contributed by atoms with van der Waals surface area (Å²) in [7, 11) is -1.75. The van der Waals surface area contributed by atoms with Gasteiger partial charge in [-0.2, -0.15) is 0 Å². The molecule has 0 fully saturated rings. The van der Waals surface area contributed by atoms with Gasteiger partial charge in [-0.3, -0.25) is 0 Å². The molecule has 80 valence electrons. The smallest absolute Gasteiger partial charge is 0.194 e. The minimum absolute atomic E-state index is 0.0128. The van der Waals surface area contributed by atoms with Crippen molar-refractivity contribution >= 4 is 9.84 Å². The van der Waals surface area contributed by atoms with Crippen molar-refractivity contribution in [1.82, 2.24) is 4.57 Å². The minimum atomic E-state index is -3.36. The zero-order valence-electron chi connectivity index (χ0n) is 8.77. The third-order valence-corrected chi connectivity index (χ3v) is 3.29. The third kappa shape index (κ3) is 1.77. The number of nitrogens with zero attached hydrogens (tertiary/aromatic N) is 1. The second kappa shape index (κ2) is 3.31. The van der Waals surface area contributed by atoms with Gasteiger partial charge in [0.25, 0.3) is 0 Å². The van der Waals surface area contributed by atoms with Crippen LogP contribution < -0.4 is 0 Å². The molecule has 0 bridgehead atoms. The Hall–Kier alpha value is -0.970. The molecule has 1 rings (SSSR count). The van der Waals surface area contributed by atoms with Gasteiger partial charge in [-0.15, -0.1) is 0 Å². The van der Waals surface area contributed by atoms with Gasteiger partial charge in [0.2, 0.25) is 0 Å². The number of aryl methyl sites for hydroxylation is 1. The molecule has 0 saturated heterocycles. The summed E-state index contributed by atoms with van der Waals surface area (Å²) in [6, 6.07) is 0. The van der Waals surface area contributed by atoms with Gasteiger partial charge in [0, 0.05) is 25.1 Å². The molecule has 0 spiro atoms. The summed E-state index contributed by atoms with van der Waals surface area (Å²) in [6.45, 7) is 3.81. The Kier molecular flexibility index (Phi) is 2.63. The fraction of sp³-hybridized carbons (Fsp3) is 0.556. The van der Waals surface area contributed by atoms with Crippen molar-refractivity contribution in [3.63, 3.8) is 0 Å². The van der Waals surface area contributed by atoms with E-state index in [1.807, 2.05) is 13.8 Å². The van der Waals surface area contributed by atoms with Crippen molar-refractivity contribution in [2.75, 3.05) is 6.26 Å². The topological polar surface area (TPSA) is 59.3 Å². The van der Waals surface area contributed by atoms with Gasteiger partial charge in [0.1, 0.15) is 0 Å². The molecule has 0 radical (unpaired) electrons. The van der Waals surface area contributed by atoms with Crippen LogP contribution in [-0.4, -0.2) is 24.3 Å². The normalized spacial score (nSPS) is 12.4. The van der Waals surface area contributed by atoms with E-state index in [1.54, 1.807) is 13.2 Å². The molecule has 0 aliphatic carbocycles. The van der Waals surface area contributed by atoms with Gasteiger partial charge >= 0.3 is 0 Å². The van der Waals surface area contributed by atoms with E-state index in [1.165, 1.54) is 4.57 Å². The molecule has 0 aliphatic rings. The van der Waals surface area contributed by atoms with E-state index in [0.29, 0.717) is 5.56 Å². The molecule has 0 aromatic carbocycles. The number of aromatic nitrogens is 1. The standard InChI is InChI=1S/C9H15NO3S/c1-6(2)7-5-10(3)9(8(7)11)14(4,12)13/h5-6,11H,1-4H3. The first-order valence-electron chi connectivity index (χ1n) is 4.33. The van der Waals surface area contributed by atoms with Gasteiger partial charge in [0.05, 0.1) is 0 Å². The van der Waals surface area contributed by atoms with Crippen molar-refractivity contribution in [1.29, 1.82) is 0 Å². The number of aromatic hydroxyl groups is 1. The Bertz CT molecular complexity index is 443. The van der Waals surface area contributed by atoms with E-state index in [0.717, 1.165) is 6.26 Å². The molecular weight excluding hydrogens is 202 g/mol. The highest BCUT2D eigenvalue weighted by atomic mass is 32.2. The highest BCUT2D eigenvalue weighted by molar-refractivity contribution is 7.90. The van der Waals surface area contributed by atoms with Crippen LogP contribution in [0.2, 0.25) is 0 Å². The number of sulfone groups is 1. The van der Waals surface area contributed by atoms with E-state index in [4.69, 9.17) is 0 Å². The summed E-state index contributed by atoms with van der Waals surface area (Å²) in [4.78, 5) is 0. The fourth-order valence-electron chi connectivity index (χ4n) is 1.48. The van der Waals surface area contributed by atoms with Crippen LogP contribution in [0.25, 0.3) is 0 Å². The molecule has 4 nitrogen and oxygen atoms in total. The van der Waals surface area contributed by atoms with Crippen LogP contribution in [0, 0.1) is 0 Å². The summed E-state index contributed by atoms with van der Waals surface area (Å²) in [5, 5.41) is 9.70. The Morgan fingerprint density at radius 1 is 1.43 bits per heavy atom. The molecule has 5 heteroatoms. The van der Waals surface area contributed by atoms with Crippen LogP contribution in [0.1, 0.15) is 25.3 Å². The summed E-state index contributed by atoms with van der Waals surface area (Å²) >= 11 is 0. The molecule has 1 aromatic rings. The van der Waals surface area contributed by atoms with Crippen LogP contribution in [0.3, 0.4) is 0 Å². The second-order valence-electron chi connectivity index (χ2n) is 3.78. The Balaban J connectivity index is 3.48. The Morgan fingerprint density at radius 3 is 2.14 bits per heavy atom. The lowest BCUT2D eigenvalue weighted by Gasteiger charge is -2.02. The first-order chi connectivity index (χ1) is 6.25. The first-order valence-corrected chi connectivity index (χ1v) is 6.22. The van der Waals surface area contributed by atoms with Crippen molar-refractivity contribution in [2.24, 2.45) is 7.05 Å². The summed E-state index contributed by atoms with van der Waals surface area (Å²) in [5.74, 6) is -0.0123. The number of hydrogen-bond donors (Lipinski definition) is 1. The first kappa shape index (κ1) is 11.1. The molecule has 1 aromatic heterocycles. The maximum Gasteiger partial charge on any atom is 0.194 e. The average molecular weight is 217 g/mol. The van der Waals surface area contributed by atoms with Crippen LogP contribution in [0.4, 0.5) is 0 Å².